The van der Waals surface area contributed by atoms with Crippen LogP contribution in [-0.2, 0) is 6.42 Å². The van der Waals surface area contributed by atoms with Crippen LogP contribution in [0.5, 0.6) is 0 Å². The second-order valence-electron chi connectivity index (χ2n) is 5.11. The quantitative estimate of drug-likeness (QED) is 0.872. The first-order chi connectivity index (χ1) is 9.24. The van der Waals surface area contributed by atoms with Gasteiger partial charge in [-0.2, -0.15) is 0 Å². The Hall–Kier alpha value is -1.35. The van der Waals surface area contributed by atoms with Crippen molar-refractivity contribution in [1.82, 2.24) is 4.98 Å². The molecule has 1 aromatic carbocycles. The zero-order valence-corrected chi connectivity index (χ0v) is 12.6. The molecule has 0 spiro atoms. The highest BCUT2D eigenvalue weighted by molar-refractivity contribution is 9.10. The molecule has 2 aromatic rings. The van der Waals surface area contributed by atoms with Gasteiger partial charge in [0, 0.05) is 10.7 Å². The second-order valence-corrected chi connectivity index (χ2v) is 6.02. The molecule has 0 radical (unpaired) electrons. The van der Waals surface area contributed by atoms with Crippen LogP contribution in [0.1, 0.15) is 35.6 Å². The summed E-state index contributed by atoms with van der Waals surface area (Å²) >= 11 is 3.46. The lowest BCUT2D eigenvalue weighted by Crippen LogP contribution is -2.18. The van der Waals surface area contributed by atoms with E-state index < -0.39 is 0 Å². The van der Waals surface area contributed by atoms with E-state index in [0.717, 1.165) is 10.3 Å². The van der Waals surface area contributed by atoms with Crippen molar-refractivity contribution in [2.24, 2.45) is 0 Å². The van der Waals surface area contributed by atoms with Gasteiger partial charge in [0.15, 0.2) is 0 Å². The highest BCUT2D eigenvalue weighted by Crippen LogP contribution is 2.32. The fourth-order valence-electron chi connectivity index (χ4n) is 2.76. The summed E-state index contributed by atoms with van der Waals surface area (Å²) in [5, 5.41) is 3.60. The third-order valence-electron chi connectivity index (χ3n) is 3.73. The maximum atomic E-state index is 4.49. The summed E-state index contributed by atoms with van der Waals surface area (Å²) in [5.74, 6) is 0.991. The molecule has 3 rings (SSSR count). The SMILES string of the molecule is Cc1cc(Br)cnc1NC1CCCc2ccccc21. The third-order valence-corrected chi connectivity index (χ3v) is 4.16. The average Bonchev–Trinajstić information content (AvgIpc) is 2.42. The molecule has 3 heteroatoms. The van der Waals surface area contributed by atoms with Gasteiger partial charge in [0.05, 0.1) is 6.04 Å². The second kappa shape index (κ2) is 5.33. The maximum Gasteiger partial charge on any atom is 0.129 e. The van der Waals surface area contributed by atoms with Gasteiger partial charge >= 0.3 is 0 Å². The molecule has 1 atom stereocenters. The van der Waals surface area contributed by atoms with Crippen molar-refractivity contribution in [3.8, 4) is 0 Å². The number of hydrogen-bond acceptors (Lipinski definition) is 2. The number of nitrogens with zero attached hydrogens (tertiary/aromatic N) is 1. The van der Waals surface area contributed by atoms with Crippen molar-refractivity contribution in [3.05, 3.63) is 57.7 Å². The van der Waals surface area contributed by atoms with Gasteiger partial charge in [0.2, 0.25) is 0 Å². The van der Waals surface area contributed by atoms with E-state index in [4.69, 9.17) is 0 Å². The molecule has 1 aliphatic carbocycles. The molecule has 2 nitrogen and oxygen atoms in total. The van der Waals surface area contributed by atoms with Crippen molar-refractivity contribution in [3.63, 3.8) is 0 Å². The number of halogens is 1. The van der Waals surface area contributed by atoms with Gasteiger partial charge < -0.3 is 5.32 Å². The Labute approximate surface area is 122 Å². The molecular weight excluding hydrogens is 300 g/mol. The number of rotatable bonds is 2. The van der Waals surface area contributed by atoms with Crippen LogP contribution in [0.2, 0.25) is 0 Å². The fraction of sp³-hybridized carbons (Fsp3) is 0.312. The zero-order valence-electron chi connectivity index (χ0n) is 11.0. The van der Waals surface area contributed by atoms with Crippen LogP contribution in [0, 0.1) is 6.92 Å². The number of benzene rings is 1. The van der Waals surface area contributed by atoms with Gasteiger partial charge in [0.1, 0.15) is 5.82 Å². The zero-order chi connectivity index (χ0) is 13.2. The molecule has 1 N–H and O–H groups in total. The number of nitrogens with one attached hydrogen (secondary N) is 1. The smallest absolute Gasteiger partial charge is 0.129 e. The first-order valence-electron chi connectivity index (χ1n) is 6.70. The van der Waals surface area contributed by atoms with E-state index in [9.17, 15) is 0 Å². The maximum absolute atomic E-state index is 4.49. The molecule has 1 unspecified atom stereocenters. The summed E-state index contributed by atoms with van der Waals surface area (Å²) in [6, 6.07) is 11.2. The van der Waals surface area contributed by atoms with Gasteiger partial charge in [-0.3, -0.25) is 0 Å². The molecular formula is C16H17BrN2. The third kappa shape index (κ3) is 2.66. The summed E-state index contributed by atoms with van der Waals surface area (Å²) < 4.78 is 1.03. The van der Waals surface area contributed by atoms with Crippen molar-refractivity contribution >= 4 is 21.7 Å². The molecule has 0 aliphatic heterocycles. The van der Waals surface area contributed by atoms with Gasteiger partial charge in [-0.25, -0.2) is 4.98 Å². The van der Waals surface area contributed by atoms with Gasteiger partial charge in [-0.1, -0.05) is 24.3 Å². The van der Waals surface area contributed by atoms with Crippen LogP contribution in [0.15, 0.2) is 41.0 Å². The van der Waals surface area contributed by atoms with E-state index in [1.54, 1.807) is 0 Å². The Morgan fingerprint density at radius 3 is 3.00 bits per heavy atom. The number of hydrogen-bond donors (Lipinski definition) is 1. The summed E-state index contributed by atoms with van der Waals surface area (Å²) in [7, 11) is 0. The van der Waals surface area contributed by atoms with E-state index in [2.05, 4.69) is 63.5 Å². The Balaban J connectivity index is 1.88. The highest BCUT2D eigenvalue weighted by atomic mass is 79.9. The molecule has 1 aliphatic rings. The summed E-state index contributed by atoms with van der Waals surface area (Å²) in [6.45, 7) is 2.09. The van der Waals surface area contributed by atoms with Gasteiger partial charge in [-0.15, -0.1) is 0 Å². The number of anilines is 1. The molecule has 0 amide bonds. The fourth-order valence-corrected chi connectivity index (χ4v) is 3.21. The lowest BCUT2D eigenvalue weighted by Gasteiger charge is -2.27. The summed E-state index contributed by atoms with van der Waals surface area (Å²) in [5.41, 5.74) is 4.08. The van der Waals surface area contributed by atoms with Crippen LogP contribution >= 0.6 is 15.9 Å². The van der Waals surface area contributed by atoms with Crippen molar-refractivity contribution in [2.45, 2.75) is 32.2 Å². The molecule has 19 heavy (non-hydrogen) atoms. The number of aryl methyl sites for hydroxylation is 2. The molecule has 1 heterocycles. The molecule has 0 saturated carbocycles. The predicted molar refractivity (Wildman–Crippen MR) is 82.4 cm³/mol. The minimum atomic E-state index is 0.386. The van der Waals surface area contributed by atoms with Crippen LogP contribution < -0.4 is 5.32 Å². The first kappa shape index (κ1) is 12.7. The number of pyridine rings is 1. The minimum Gasteiger partial charge on any atom is -0.363 e. The van der Waals surface area contributed by atoms with Gasteiger partial charge in [-0.05, 0) is 64.9 Å². The van der Waals surface area contributed by atoms with Crippen molar-refractivity contribution in [2.75, 3.05) is 5.32 Å². The normalized spacial score (nSPS) is 17.9. The van der Waals surface area contributed by atoms with Crippen LogP contribution in [0.4, 0.5) is 5.82 Å². The first-order valence-corrected chi connectivity index (χ1v) is 7.50. The minimum absolute atomic E-state index is 0.386. The lowest BCUT2D eigenvalue weighted by atomic mass is 9.87. The Bertz CT molecular complexity index is 595. The average molecular weight is 317 g/mol. The molecule has 0 fully saturated rings. The summed E-state index contributed by atoms with van der Waals surface area (Å²) in [4.78, 5) is 4.49. The van der Waals surface area contributed by atoms with Crippen LogP contribution in [0.3, 0.4) is 0 Å². The molecule has 1 aromatic heterocycles. The Kier molecular flexibility index (Phi) is 3.56. The molecule has 98 valence electrons. The molecule has 0 saturated heterocycles. The Morgan fingerprint density at radius 2 is 2.16 bits per heavy atom. The van der Waals surface area contributed by atoms with E-state index in [-0.39, 0.29) is 0 Å². The lowest BCUT2D eigenvalue weighted by molar-refractivity contribution is 0.598. The topological polar surface area (TPSA) is 24.9 Å². The van der Waals surface area contributed by atoms with E-state index >= 15 is 0 Å². The Morgan fingerprint density at radius 1 is 1.32 bits per heavy atom. The van der Waals surface area contributed by atoms with Crippen LogP contribution in [-0.4, -0.2) is 4.98 Å². The van der Waals surface area contributed by atoms with Crippen LogP contribution in [0.25, 0.3) is 0 Å². The largest absolute Gasteiger partial charge is 0.363 e. The van der Waals surface area contributed by atoms with E-state index in [1.807, 2.05) is 6.20 Å². The van der Waals surface area contributed by atoms with E-state index in [1.165, 1.54) is 36.0 Å². The monoisotopic (exact) mass is 316 g/mol. The number of aromatic nitrogens is 1. The highest BCUT2D eigenvalue weighted by Gasteiger charge is 2.20. The van der Waals surface area contributed by atoms with Crippen molar-refractivity contribution < 1.29 is 0 Å². The summed E-state index contributed by atoms with van der Waals surface area (Å²) in [6.07, 6.45) is 5.46. The van der Waals surface area contributed by atoms with Crippen molar-refractivity contribution in [1.29, 1.82) is 0 Å². The number of fused-ring (bicyclic) bond motifs is 1. The van der Waals surface area contributed by atoms with E-state index in [0.29, 0.717) is 6.04 Å². The predicted octanol–water partition coefficient (Wildman–Crippen LogP) is 4.64. The molecule has 0 bridgehead atoms. The van der Waals surface area contributed by atoms with Gasteiger partial charge in [0.25, 0.3) is 0 Å². The standard InChI is InChI=1S/C16H17BrN2/c1-11-9-13(17)10-18-16(11)19-15-8-4-6-12-5-2-3-7-14(12)15/h2-3,5,7,9-10,15H,4,6,8H2,1H3,(H,18,19).